The van der Waals surface area contributed by atoms with Gasteiger partial charge in [0.05, 0.1) is 5.92 Å². The second kappa shape index (κ2) is 8.46. The van der Waals surface area contributed by atoms with Crippen LogP contribution in [0, 0.1) is 5.92 Å². The molecule has 2 N–H and O–H groups in total. The lowest BCUT2D eigenvalue weighted by molar-refractivity contribution is -0.121. The Morgan fingerprint density at radius 1 is 0.893 bits per heavy atom. The highest BCUT2D eigenvalue weighted by Gasteiger charge is 2.29. The van der Waals surface area contributed by atoms with Gasteiger partial charge in [-0.1, -0.05) is 30.3 Å². The van der Waals surface area contributed by atoms with Crippen molar-refractivity contribution in [2.24, 2.45) is 5.92 Å². The summed E-state index contributed by atoms with van der Waals surface area (Å²) in [6.07, 6.45) is 6.18. The number of anilines is 2. The molecular weight excluding hydrogens is 350 g/mol. The van der Waals surface area contributed by atoms with Crippen LogP contribution < -0.4 is 10.6 Å². The molecular formula is C23H27N3O2. The maximum absolute atomic E-state index is 12.9. The van der Waals surface area contributed by atoms with Gasteiger partial charge in [-0.25, -0.2) is 4.79 Å². The molecule has 5 nitrogen and oxygen atoms in total. The number of benzene rings is 2. The Balaban J connectivity index is 1.39. The van der Waals surface area contributed by atoms with E-state index in [2.05, 4.69) is 16.7 Å². The van der Waals surface area contributed by atoms with Gasteiger partial charge in [-0.15, -0.1) is 0 Å². The predicted octanol–water partition coefficient (Wildman–Crippen LogP) is 4.45. The van der Waals surface area contributed by atoms with Crippen molar-refractivity contribution in [1.82, 2.24) is 4.90 Å². The van der Waals surface area contributed by atoms with Crippen LogP contribution in [-0.4, -0.2) is 29.9 Å². The molecule has 1 fully saturated rings. The first-order valence-corrected chi connectivity index (χ1v) is 10.2. The third kappa shape index (κ3) is 4.19. The topological polar surface area (TPSA) is 61.4 Å². The summed E-state index contributed by atoms with van der Waals surface area (Å²) in [5.74, 6) is -0.147. The summed E-state index contributed by atoms with van der Waals surface area (Å²) in [4.78, 5) is 27.2. The zero-order valence-electron chi connectivity index (χ0n) is 16.1. The van der Waals surface area contributed by atoms with E-state index < -0.39 is 0 Å². The molecule has 0 spiro atoms. The van der Waals surface area contributed by atoms with E-state index in [0.717, 1.165) is 37.1 Å². The second-order valence-electron chi connectivity index (χ2n) is 7.72. The van der Waals surface area contributed by atoms with E-state index in [1.807, 2.05) is 42.5 Å². The highest BCUT2D eigenvalue weighted by atomic mass is 16.2. The fourth-order valence-corrected chi connectivity index (χ4v) is 4.23. The van der Waals surface area contributed by atoms with Crippen LogP contribution in [0.4, 0.5) is 16.2 Å². The highest BCUT2D eigenvalue weighted by Crippen LogP contribution is 2.29. The third-order valence-corrected chi connectivity index (χ3v) is 5.76. The molecule has 0 bridgehead atoms. The molecule has 2 aromatic rings. The largest absolute Gasteiger partial charge is 0.326 e. The van der Waals surface area contributed by atoms with Gasteiger partial charge in [-0.2, -0.15) is 0 Å². The van der Waals surface area contributed by atoms with Crippen molar-refractivity contribution < 1.29 is 9.59 Å². The summed E-state index contributed by atoms with van der Waals surface area (Å²) in [6.45, 7) is 1.14. The van der Waals surface area contributed by atoms with Crippen LogP contribution in [0.25, 0.3) is 0 Å². The Morgan fingerprint density at radius 2 is 1.71 bits per heavy atom. The van der Waals surface area contributed by atoms with Crippen LogP contribution >= 0.6 is 0 Å². The molecule has 5 heteroatoms. The average Bonchev–Trinajstić information content (AvgIpc) is 2.75. The van der Waals surface area contributed by atoms with Crippen molar-refractivity contribution in [2.75, 3.05) is 23.7 Å². The predicted molar refractivity (Wildman–Crippen MR) is 111 cm³/mol. The number of nitrogens with one attached hydrogen (secondary N) is 2. The molecule has 1 aliphatic carbocycles. The van der Waals surface area contributed by atoms with E-state index in [-0.39, 0.29) is 17.9 Å². The molecule has 1 atom stereocenters. The summed E-state index contributed by atoms with van der Waals surface area (Å²) in [5.41, 5.74) is 4.37. The smallest absolute Gasteiger partial charge is 0.321 e. The van der Waals surface area contributed by atoms with Gasteiger partial charge < -0.3 is 15.5 Å². The van der Waals surface area contributed by atoms with Crippen LogP contribution in [0.5, 0.6) is 0 Å². The number of aryl methyl sites for hydroxylation is 1. The van der Waals surface area contributed by atoms with Crippen molar-refractivity contribution >= 4 is 23.3 Å². The molecule has 0 saturated carbocycles. The lowest BCUT2D eigenvalue weighted by Crippen LogP contribution is -2.45. The molecule has 0 radical (unpaired) electrons. The lowest BCUT2D eigenvalue weighted by atomic mass is 9.90. The van der Waals surface area contributed by atoms with E-state index in [0.29, 0.717) is 13.1 Å². The molecule has 28 heavy (non-hydrogen) atoms. The number of carbonyl (C=O) groups excluding carboxylic acids is 2. The van der Waals surface area contributed by atoms with E-state index >= 15 is 0 Å². The Morgan fingerprint density at radius 3 is 2.57 bits per heavy atom. The Bertz CT molecular complexity index is 850. The van der Waals surface area contributed by atoms with Gasteiger partial charge >= 0.3 is 6.03 Å². The van der Waals surface area contributed by atoms with E-state index in [4.69, 9.17) is 0 Å². The first-order valence-electron chi connectivity index (χ1n) is 10.2. The number of fused-ring (bicyclic) bond motifs is 1. The molecule has 4 rings (SSSR count). The number of piperidine rings is 1. The summed E-state index contributed by atoms with van der Waals surface area (Å²) in [6, 6.07) is 15.5. The molecule has 3 amide bonds. The van der Waals surface area contributed by atoms with Crippen LogP contribution in [-0.2, 0) is 17.6 Å². The number of urea groups is 1. The second-order valence-corrected chi connectivity index (χ2v) is 7.72. The zero-order valence-corrected chi connectivity index (χ0v) is 16.1. The fourth-order valence-electron chi connectivity index (χ4n) is 4.23. The Kier molecular flexibility index (Phi) is 5.60. The van der Waals surface area contributed by atoms with Gasteiger partial charge in [-0.3, -0.25) is 4.79 Å². The first kappa shape index (κ1) is 18.5. The number of hydrogen-bond acceptors (Lipinski definition) is 2. The van der Waals surface area contributed by atoms with Gasteiger partial charge in [-0.05, 0) is 67.9 Å². The monoisotopic (exact) mass is 377 g/mol. The van der Waals surface area contributed by atoms with Gasteiger partial charge in [0.2, 0.25) is 5.91 Å². The van der Waals surface area contributed by atoms with Crippen molar-refractivity contribution in [1.29, 1.82) is 0 Å². The maximum Gasteiger partial charge on any atom is 0.321 e. The summed E-state index contributed by atoms with van der Waals surface area (Å²) in [7, 11) is 0. The Labute approximate surface area is 166 Å². The molecule has 146 valence electrons. The standard InChI is InChI=1S/C23H27N3O2/c27-22(25-21-14-6-9-17-8-4-5-13-20(17)21)18-10-7-15-26(16-18)23(28)24-19-11-2-1-3-12-19/h1-3,6,9,11-12,14,18H,4-5,7-8,10,13,15-16H2,(H,24,28)(H,25,27)/t18-/m1/s1. The van der Waals surface area contributed by atoms with Crippen LogP contribution in [0.2, 0.25) is 0 Å². The third-order valence-electron chi connectivity index (χ3n) is 5.76. The number of hydrogen-bond donors (Lipinski definition) is 2. The molecule has 2 aliphatic rings. The average molecular weight is 377 g/mol. The van der Waals surface area contributed by atoms with Crippen LogP contribution in [0.15, 0.2) is 48.5 Å². The van der Waals surface area contributed by atoms with Crippen molar-refractivity contribution in [3.63, 3.8) is 0 Å². The van der Waals surface area contributed by atoms with Crippen molar-refractivity contribution in [2.45, 2.75) is 38.5 Å². The van der Waals surface area contributed by atoms with Gasteiger partial charge in [0.25, 0.3) is 0 Å². The van der Waals surface area contributed by atoms with Gasteiger partial charge in [0.1, 0.15) is 0 Å². The summed E-state index contributed by atoms with van der Waals surface area (Å²) in [5, 5.41) is 6.07. The van der Waals surface area contributed by atoms with Gasteiger partial charge in [0, 0.05) is 24.5 Å². The maximum atomic E-state index is 12.9. The fraction of sp³-hybridized carbons (Fsp3) is 0.391. The Hall–Kier alpha value is -2.82. The molecule has 0 unspecified atom stereocenters. The minimum Gasteiger partial charge on any atom is -0.326 e. The molecule has 1 saturated heterocycles. The first-order chi connectivity index (χ1) is 13.7. The quantitative estimate of drug-likeness (QED) is 0.830. The van der Waals surface area contributed by atoms with Crippen molar-refractivity contribution in [3.05, 3.63) is 59.7 Å². The van der Waals surface area contributed by atoms with E-state index in [1.54, 1.807) is 4.90 Å². The van der Waals surface area contributed by atoms with Crippen molar-refractivity contribution in [3.8, 4) is 0 Å². The minimum atomic E-state index is -0.172. The minimum absolute atomic E-state index is 0.0242. The zero-order chi connectivity index (χ0) is 19.3. The van der Waals surface area contributed by atoms with Crippen LogP contribution in [0.1, 0.15) is 36.8 Å². The van der Waals surface area contributed by atoms with E-state index in [9.17, 15) is 9.59 Å². The number of nitrogens with zero attached hydrogens (tertiary/aromatic N) is 1. The number of rotatable bonds is 3. The van der Waals surface area contributed by atoms with Gasteiger partial charge in [0.15, 0.2) is 0 Å². The number of amides is 3. The molecule has 1 heterocycles. The molecule has 0 aromatic heterocycles. The number of para-hydroxylation sites is 1. The van der Waals surface area contributed by atoms with Crippen LogP contribution in [0.3, 0.4) is 0 Å². The number of carbonyl (C=O) groups is 2. The molecule has 1 aliphatic heterocycles. The summed E-state index contributed by atoms with van der Waals surface area (Å²) >= 11 is 0. The lowest BCUT2D eigenvalue weighted by Gasteiger charge is -2.32. The van der Waals surface area contributed by atoms with E-state index in [1.165, 1.54) is 24.0 Å². The molecule has 2 aromatic carbocycles. The summed E-state index contributed by atoms with van der Waals surface area (Å²) < 4.78 is 0. The SMILES string of the molecule is O=C(Nc1cccc2c1CCCC2)[C@@H]1CCCN(C(=O)Nc2ccccc2)C1. The highest BCUT2D eigenvalue weighted by molar-refractivity contribution is 5.95. The number of likely N-dealkylation sites (tertiary alicyclic amines) is 1. The normalized spacial score (nSPS) is 18.9.